The second-order valence-electron chi connectivity index (χ2n) is 3.81. The van der Waals surface area contributed by atoms with Gasteiger partial charge in [-0.2, -0.15) is 0 Å². The van der Waals surface area contributed by atoms with Crippen LogP contribution in [0.3, 0.4) is 0 Å². The average Bonchev–Trinajstić information content (AvgIpc) is 2.44. The minimum atomic E-state index is 0.496. The molecule has 1 aliphatic heterocycles. The van der Waals surface area contributed by atoms with Crippen molar-refractivity contribution in [2.75, 3.05) is 0 Å². The normalized spacial score (nSPS) is 20.4. The van der Waals surface area contributed by atoms with Crippen LogP contribution in [0.2, 0.25) is 5.32 Å². The first-order valence-corrected chi connectivity index (χ1v) is 6.64. The quantitative estimate of drug-likeness (QED) is 0.687. The van der Waals surface area contributed by atoms with Gasteiger partial charge in [0.2, 0.25) is 0 Å². The van der Waals surface area contributed by atoms with Crippen molar-refractivity contribution in [3.8, 4) is 5.75 Å². The van der Waals surface area contributed by atoms with E-state index in [9.17, 15) is 5.11 Å². The molecule has 0 saturated carbocycles. The van der Waals surface area contributed by atoms with Crippen molar-refractivity contribution in [1.29, 1.82) is 0 Å². The van der Waals surface area contributed by atoms with E-state index in [1.807, 2.05) is 6.92 Å². The Balaban J connectivity index is 2.69. The number of fused-ring (bicyclic) bond motifs is 1. The predicted octanol–water partition coefficient (Wildman–Crippen LogP) is 1.87. The molecule has 13 heavy (non-hydrogen) atoms. The third-order valence-electron chi connectivity index (χ3n) is 2.66. The molecule has 1 N–H and O–H groups in total. The van der Waals surface area contributed by atoms with E-state index >= 15 is 0 Å². The Morgan fingerprint density at radius 3 is 2.77 bits per heavy atom. The van der Waals surface area contributed by atoms with E-state index in [0.717, 1.165) is 5.56 Å². The van der Waals surface area contributed by atoms with Crippen molar-refractivity contribution in [3.63, 3.8) is 0 Å². The summed E-state index contributed by atoms with van der Waals surface area (Å²) in [5.74, 6) is 1.21. The van der Waals surface area contributed by atoms with E-state index in [-0.39, 0.29) is 0 Å². The molecule has 1 heterocycles. The van der Waals surface area contributed by atoms with Gasteiger partial charge < -0.3 is 0 Å². The Hall–Kier alpha value is -0.461. The van der Waals surface area contributed by atoms with Crippen LogP contribution in [0.5, 0.6) is 5.75 Å². The molecular formula is C11H14OSe. The summed E-state index contributed by atoms with van der Waals surface area (Å²) in [5.41, 5.74) is 3.81. The van der Waals surface area contributed by atoms with Crippen LogP contribution in [-0.2, 0) is 0 Å². The van der Waals surface area contributed by atoms with Crippen LogP contribution in [0.25, 0.3) is 0 Å². The molecule has 1 atom stereocenters. The van der Waals surface area contributed by atoms with Gasteiger partial charge in [-0.3, -0.25) is 0 Å². The van der Waals surface area contributed by atoms with Crippen LogP contribution in [0, 0.1) is 13.8 Å². The predicted molar refractivity (Wildman–Crippen MR) is 56.2 cm³/mol. The second-order valence-corrected chi connectivity index (χ2v) is 5.98. The van der Waals surface area contributed by atoms with Gasteiger partial charge in [0.15, 0.2) is 0 Å². The molecule has 1 nitrogen and oxygen atoms in total. The van der Waals surface area contributed by atoms with Crippen molar-refractivity contribution >= 4 is 19.4 Å². The first-order chi connectivity index (χ1) is 6.11. The average molecular weight is 241 g/mol. The molecule has 0 aliphatic carbocycles. The van der Waals surface area contributed by atoms with E-state index in [1.165, 1.54) is 20.9 Å². The van der Waals surface area contributed by atoms with Crippen LogP contribution in [0.4, 0.5) is 0 Å². The van der Waals surface area contributed by atoms with Crippen LogP contribution < -0.4 is 4.46 Å². The Labute approximate surface area is 85.3 Å². The van der Waals surface area contributed by atoms with Crippen molar-refractivity contribution in [2.24, 2.45) is 0 Å². The Morgan fingerprint density at radius 1 is 1.38 bits per heavy atom. The molecule has 70 valence electrons. The molecule has 1 aromatic carbocycles. The van der Waals surface area contributed by atoms with Crippen molar-refractivity contribution in [3.05, 3.63) is 22.8 Å². The molecule has 0 aromatic heterocycles. The zero-order valence-corrected chi connectivity index (χ0v) is 9.93. The molecular weight excluding hydrogens is 227 g/mol. The number of aryl methyl sites for hydroxylation is 2. The Morgan fingerprint density at radius 2 is 2.08 bits per heavy atom. The summed E-state index contributed by atoms with van der Waals surface area (Å²) in [4.78, 5) is 0. The van der Waals surface area contributed by atoms with Gasteiger partial charge in [0.25, 0.3) is 0 Å². The van der Waals surface area contributed by atoms with E-state index in [1.54, 1.807) is 0 Å². The van der Waals surface area contributed by atoms with Gasteiger partial charge in [-0.05, 0) is 0 Å². The first-order valence-electron chi connectivity index (χ1n) is 4.57. The summed E-state index contributed by atoms with van der Waals surface area (Å²) in [5, 5.41) is 11.1. The monoisotopic (exact) mass is 242 g/mol. The fraction of sp³-hybridized carbons (Fsp3) is 0.455. The molecule has 1 aromatic rings. The Kier molecular flexibility index (Phi) is 2.13. The molecule has 0 amide bonds. The van der Waals surface area contributed by atoms with Gasteiger partial charge in [-0.1, -0.05) is 0 Å². The fourth-order valence-electron chi connectivity index (χ4n) is 2.01. The number of hydrogen-bond donors (Lipinski definition) is 1. The van der Waals surface area contributed by atoms with Crippen LogP contribution in [0.1, 0.15) is 29.5 Å². The van der Waals surface area contributed by atoms with Crippen molar-refractivity contribution in [2.45, 2.75) is 32.0 Å². The SMILES string of the molecule is Cc1cc(C)c2c(c1O)[Se]CC2C. The molecule has 2 rings (SSSR count). The fourth-order valence-corrected chi connectivity index (χ4v) is 4.94. The summed E-state index contributed by atoms with van der Waals surface area (Å²) < 4.78 is 1.26. The zero-order valence-electron chi connectivity index (χ0n) is 8.22. The number of rotatable bonds is 0. The number of aromatic hydroxyl groups is 1. The van der Waals surface area contributed by atoms with Crippen molar-refractivity contribution < 1.29 is 5.11 Å². The number of phenols is 1. The number of hydrogen-bond acceptors (Lipinski definition) is 1. The maximum absolute atomic E-state index is 9.88. The van der Waals surface area contributed by atoms with E-state index < -0.39 is 0 Å². The van der Waals surface area contributed by atoms with E-state index in [2.05, 4.69) is 19.9 Å². The Bertz CT molecular complexity index is 358. The van der Waals surface area contributed by atoms with Gasteiger partial charge in [-0.15, -0.1) is 0 Å². The third-order valence-corrected chi connectivity index (χ3v) is 5.53. The van der Waals surface area contributed by atoms with Gasteiger partial charge in [0, 0.05) is 0 Å². The summed E-state index contributed by atoms with van der Waals surface area (Å²) in [6.45, 7) is 6.40. The second kappa shape index (κ2) is 3.04. The standard InChI is InChI=1S/C11H14OSe/c1-6-4-7(2)10(12)11-9(6)8(3)5-13-11/h4,8,12H,5H2,1-3H3. The van der Waals surface area contributed by atoms with Crippen LogP contribution in [-0.4, -0.2) is 20.1 Å². The third kappa shape index (κ3) is 1.29. The molecule has 0 spiro atoms. The zero-order chi connectivity index (χ0) is 9.59. The van der Waals surface area contributed by atoms with E-state index in [4.69, 9.17) is 0 Å². The van der Waals surface area contributed by atoms with E-state index in [0.29, 0.717) is 26.6 Å². The molecule has 1 aliphatic rings. The van der Waals surface area contributed by atoms with Gasteiger partial charge in [0.05, 0.1) is 0 Å². The molecule has 0 radical (unpaired) electrons. The van der Waals surface area contributed by atoms with Crippen LogP contribution in [0.15, 0.2) is 6.07 Å². The summed E-state index contributed by atoms with van der Waals surface area (Å²) >= 11 is 0.496. The summed E-state index contributed by atoms with van der Waals surface area (Å²) in [7, 11) is 0. The molecule has 0 saturated heterocycles. The number of phenolic OH excluding ortho intramolecular Hbond substituents is 1. The molecule has 0 bridgehead atoms. The van der Waals surface area contributed by atoms with Gasteiger partial charge >= 0.3 is 85.0 Å². The van der Waals surface area contributed by atoms with Gasteiger partial charge in [0.1, 0.15) is 0 Å². The van der Waals surface area contributed by atoms with Gasteiger partial charge in [-0.25, -0.2) is 0 Å². The topological polar surface area (TPSA) is 20.2 Å². The summed E-state index contributed by atoms with van der Waals surface area (Å²) in [6, 6.07) is 2.10. The number of benzene rings is 1. The van der Waals surface area contributed by atoms with Crippen molar-refractivity contribution in [1.82, 2.24) is 0 Å². The molecule has 0 fully saturated rings. The molecule has 1 unspecified atom stereocenters. The minimum absolute atomic E-state index is 0.496. The molecule has 2 heteroatoms. The maximum atomic E-state index is 9.88. The van der Waals surface area contributed by atoms with Crippen LogP contribution >= 0.6 is 0 Å². The summed E-state index contributed by atoms with van der Waals surface area (Å²) in [6.07, 6.45) is 0. The first kappa shape index (κ1) is 9.11.